The largest absolute Gasteiger partial charge is 0.425 e. The van der Waals surface area contributed by atoms with E-state index in [-0.39, 0.29) is 0 Å². The molecular weight excluding hydrogens is 236 g/mol. The summed E-state index contributed by atoms with van der Waals surface area (Å²) in [4.78, 5) is 8.46. The molecule has 17 heavy (non-hydrogen) atoms. The average molecular weight is 244 g/mol. The molecule has 0 N–H and O–H groups in total. The van der Waals surface area contributed by atoms with E-state index in [2.05, 4.69) is 20.2 Å². The molecule has 6 heteroatoms. The molecule has 0 atom stereocenters. The second-order valence-corrected chi connectivity index (χ2v) is 4.10. The molecule has 2 aromatic rings. The molecule has 0 bridgehead atoms. The third-order valence-corrected chi connectivity index (χ3v) is 2.87. The monoisotopic (exact) mass is 244 g/mol. The van der Waals surface area contributed by atoms with E-state index < -0.39 is 0 Å². The van der Waals surface area contributed by atoms with Crippen LogP contribution in [0.3, 0.4) is 0 Å². The van der Waals surface area contributed by atoms with Crippen LogP contribution >= 0.6 is 11.8 Å². The maximum absolute atomic E-state index is 5.35. The summed E-state index contributed by atoms with van der Waals surface area (Å²) in [6.45, 7) is 0. The molecule has 0 unspecified atom stereocenters. The molecular formula is C11H8N4OS. The maximum Gasteiger partial charge on any atom is 0.251 e. The third-order valence-electron chi connectivity index (χ3n) is 2.33. The molecule has 0 radical (unpaired) electrons. The molecule has 0 amide bonds. The van der Waals surface area contributed by atoms with Crippen LogP contribution in [-0.2, 0) is 0 Å². The molecule has 0 saturated carbocycles. The summed E-state index contributed by atoms with van der Waals surface area (Å²) in [5.74, 6) is 0.443. The van der Waals surface area contributed by atoms with Crippen LogP contribution in [0.25, 0.3) is 11.3 Å². The topological polar surface area (TPSA) is 60.3 Å². The molecule has 1 aliphatic rings. The van der Waals surface area contributed by atoms with Crippen LogP contribution < -0.4 is 4.74 Å². The van der Waals surface area contributed by atoms with Gasteiger partial charge in [0, 0.05) is 5.56 Å². The molecule has 2 heterocycles. The Bertz CT molecular complexity index is 600. The number of aromatic nitrogens is 3. The van der Waals surface area contributed by atoms with E-state index in [1.165, 1.54) is 18.2 Å². The number of rotatable bonds is 1. The Morgan fingerprint density at radius 1 is 1.18 bits per heavy atom. The van der Waals surface area contributed by atoms with E-state index >= 15 is 0 Å². The lowest BCUT2D eigenvalue weighted by atomic mass is 10.1. The van der Waals surface area contributed by atoms with E-state index in [1.54, 1.807) is 0 Å². The van der Waals surface area contributed by atoms with Crippen LogP contribution in [-0.4, -0.2) is 27.8 Å². The van der Waals surface area contributed by atoms with E-state index in [9.17, 15) is 0 Å². The van der Waals surface area contributed by atoms with E-state index in [4.69, 9.17) is 4.74 Å². The molecule has 5 nitrogen and oxygen atoms in total. The van der Waals surface area contributed by atoms with Crippen LogP contribution in [0.5, 0.6) is 5.88 Å². The Labute approximate surface area is 102 Å². The summed E-state index contributed by atoms with van der Waals surface area (Å²) in [5.41, 5.74) is 2.30. The Morgan fingerprint density at radius 2 is 2.06 bits per heavy atom. The van der Waals surface area contributed by atoms with Gasteiger partial charge in [0.2, 0.25) is 5.16 Å². The molecule has 1 aliphatic heterocycles. The molecule has 0 spiro atoms. The number of para-hydroxylation sites is 1. The van der Waals surface area contributed by atoms with Crippen molar-refractivity contribution < 1.29 is 4.74 Å². The highest BCUT2D eigenvalue weighted by Crippen LogP contribution is 2.35. The lowest BCUT2D eigenvalue weighted by molar-refractivity contribution is 0.533. The minimum absolute atomic E-state index is 0.443. The third kappa shape index (κ3) is 1.76. The molecule has 3 rings (SSSR count). The number of aliphatic imine (C=N–C) groups is 1. The zero-order chi connectivity index (χ0) is 11.7. The van der Waals surface area contributed by atoms with Gasteiger partial charge in [-0.2, -0.15) is 4.98 Å². The Kier molecular flexibility index (Phi) is 2.49. The van der Waals surface area contributed by atoms with Crippen LogP contribution in [0, 0.1) is 0 Å². The number of fused-ring (bicyclic) bond motifs is 3. The van der Waals surface area contributed by atoms with Crippen molar-refractivity contribution in [2.75, 3.05) is 6.26 Å². The summed E-state index contributed by atoms with van der Waals surface area (Å²) in [6, 6.07) is 7.66. The molecule has 1 aromatic carbocycles. The van der Waals surface area contributed by atoms with E-state index in [0.717, 1.165) is 11.3 Å². The summed E-state index contributed by atoms with van der Waals surface area (Å²) in [5, 5.41) is 8.75. The lowest BCUT2D eigenvalue weighted by Gasteiger charge is -2.04. The van der Waals surface area contributed by atoms with Gasteiger partial charge >= 0.3 is 0 Å². The zero-order valence-corrected chi connectivity index (χ0v) is 9.81. The Morgan fingerprint density at radius 3 is 2.94 bits per heavy atom. The molecule has 1 aromatic heterocycles. The summed E-state index contributed by atoms with van der Waals surface area (Å²) in [6.07, 6.45) is 3.27. The van der Waals surface area contributed by atoms with Gasteiger partial charge in [-0.25, -0.2) is 4.99 Å². The lowest BCUT2D eigenvalue weighted by Crippen LogP contribution is -1.99. The average Bonchev–Trinajstić information content (AvgIpc) is 2.57. The van der Waals surface area contributed by atoms with Gasteiger partial charge in [-0.05, 0) is 12.3 Å². The SMILES string of the molecule is CSc1nnc2c(n1)OC=Nc1ccccc1-2. The standard InChI is InChI=1S/C11H8N4OS/c1-17-11-13-10-9(14-15-11)7-4-2-3-5-8(7)12-6-16-10/h2-6H,1H3. The van der Waals surface area contributed by atoms with Gasteiger partial charge in [0.15, 0.2) is 12.1 Å². The van der Waals surface area contributed by atoms with Crippen LogP contribution in [0.2, 0.25) is 0 Å². The van der Waals surface area contributed by atoms with Gasteiger partial charge in [-0.1, -0.05) is 30.0 Å². The van der Waals surface area contributed by atoms with Gasteiger partial charge in [-0.3, -0.25) is 0 Å². The predicted molar refractivity (Wildman–Crippen MR) is 65.8 cm³/mol. The van der Waals surface area contributed by atoms with Gasteiger partial charge in [0.05, 0.1) is 5.69 Å². The number of thioether (sulfide) groups is 1. The Balaban J connectivity index is 2.23. The minimum atomic E-state index is 0.443. The van der Waals surface area contributed by atoms with Crippen molar-refractivity contribution in [1.29, 1.82) is 0 Å². The fourth-order valence-corrected chi connectivity index (χ4v) is 1.85. The first kappa shape index (κ1) is 10.2. The first-order chi connectivity index (χ1) is 8.38. The van der Waals surface area contributed by atoms with Crippen molar-refractivity contribution in [2.24, 2.45) is 4.99 Å². The normalized spacial score (nSPS) is 12.3. The first-order valence-corrected chi connectivity index (χ1v) is 6.18. The molecule has 0 aliphatic carbocycles. The van der Waals surface area contributed by atoms with Crippen molar-refractivity contribution in [3.05, 3.63) is 24.3 Å². The van der Waals surface area contributed by atoms with E-state index in [0.29, 0.717) is 16.7 Å². The maximum atomic E-state index is 5.35. The second kappa shape index (κ2) is 4.14. The number of ether oxygens (including phenoxy) is 1. The Hall–Kier alpha value is -1.95. The van der Waals surface area contributed by atoms with Gasteiger partial charge < -0.3 is 4.74 Å². The van der Waals surface area contributed by atoms with E-state index in [1.807, 2.05) is 30.5 Å². The van der Waals surface area contributed by atoms with Crippen molar-refractivity contribution in [3.8, 4) is 17.1 Å². The van der Waals surface area contributed by atoms with Gasteiger partial charge in [0.1, 0.15) is 0 Å². The fraction of sp³-hybridized carbons (Fsp3) is 0.0909. The highest BCUT2D eigenvalue weighted by atomic mass is 32.2. The predicted octanol–water partition coefficient (Wildman–Crippen LogP) is 2.31. The van der Waals surface area contributed by atoms with Crippen molar-refractivity contribution in [2.45, 2.75) is 5.16 Å². The number of nitrogens with zero attached hydrogens (tertiary/aromatic N) is 4. The van der Waals surface area contributed by atoms with Crippen LogP contribution in [0.4, 0.5) is 5.69 Å². The first-order valence-electron chi connectivity index (χ1n) is 4.96. The molecule has 84 valence electrons. The van der Waals surface area contributed by atoms with Gasteiger partial charge in [0.25, 0.3) is 5.88 Å². The van der Waals surface area contributed by atoms with Crippen molar-refractivity contribution in [1.82, 2.24) is 15.2 Å². The van der Waals surface area contributed by atoms with Crippen LogP contribution in [0.15, 0.2) is 34.4 Å². The summed E-state index contributed by atoms with van der Waals surface area (Å²) < 4.78 is 5.35. The summed E-state index contributed by atoms with van der Waals surface area (Å²) >= 11 is 1.42. The smallest absolute Gasteiger partial charge is 0.251 e. The molecule has 0 saturated heterocycles. The highest BCUT2D eigenvalue weighted by molar-refractivity contribution is 7.98. The summed E-state index contributed by atoms with van der Waals surface area (Å²) in [7, 11) is 0. The number of hydrogen-bond acceptors (Lipinski definition) is 6. The fourth-order valence-electron chi connectivity index (χ4n) is 1.55. The van der Waals surface area contributed by atoms with Crippen molar-refractivity contribution >= 4 is 23.8 Å². The number of benzene rings is 1. The molecule has 0 fully saturated rings. The minimum Gasteiger partial charge on any atom is -0.425 e. The quantitative estimate of drug-likeness (QED) is 0.720. The zero-order valence-electron chi connectivity index (χ0n) is 8.99. The van der Waals surface area contributed by atoms with Crippen molar-refractivity contribution in [3.63, 3.8) is 0 Å². The van der Waals surface area contributed by atoms with Gasteiger partial charge in [-0.15, -0.1) is 10.2 Å². The highest BCUT2D eigenvalue weighted by Gasteiger charge is 2.17. The van der Waals surface area contributed by atoms with Crippen LogP contribution in [0.1, 0.15) is 0 Å². The number of hydrogen-bond donors (Lipinski definition) is 0. The second-order valence-electron chi connectivity index (χ2n) is 3.32.